The van der Waals surface area contributed by atoms with Crippen molar-refractivity contribution in [1.82, 2.24) is 9.80 Å². The summed E-state index contributed by atoms with van der Waals surface area (Å²) in [6.45, 7) is 3.05. The average molecular weight is 262 g/mol. The topological polar surface area (TPSA) is 79.3 Å². The number of hydrogen-bond donors (Lipinski definition) is 1. The van der Waals surface area contributed by atoms with Gasteiger partial charge in [0.1, 0.15) is 6.04 Å². The van der Waals surface area contributed by atoms with Crippen LogP contribution < -0.4 is 0 Å². The van der Waals surface area contributed by atoms with Crippen molar-refractivity contribution in [3.8, 4) is 0 Å². The maximum atomic E-state index is 12.1. The van der Waals surface area contributed by atoms with Crippen molar-refractivity contribution < 1.29 is 24.2 Å². The molecule has 0 radical (unpaired) electrons. The van der Waals surface area contributed by atoms with E-state index >= 15 is 0 Å². The normalized spacial score (nSPS) is 12.0. The van der Waals surface area contributed by atoms with Gasteiger partial charge in [0.25, 0.3) is 0 Å². The highest BCUT2D eigenvalue weighted by Crippen LogP contribution is 2.03. The van der Waals surface area contributed by atoms with Gasteiger partial charge in [0.2, 0.25) is 0 Å². The fraction of sp³-hybridized carbons (Fsp3) is 0.818. The summed E-state index contributed by atoms with van der Waals surface area (Å²) in [6.07, 6.45) is 0. The summed E-state index contributed by atoms with van der Waals surface area (Å²) in [5.74, 6) is -1.04. The van der Waals surface area contributed by atoms with Gasteiger partial charge in [-0.05, 0) is 6.92 Å². The number of nitrogens with zero attached hydrogens (tertiary/aromatic N) is 2. The third kappa shape index (κ3) is 5.33. The van der Waals surface area contributed by atoms with Crippen molar-refractivity contribution >= 4 is 12.0 Å². The first-order valence-electron chi connectivity index (χ1n) is 5.68. The van der Waals surface area contributed by atoms with Crippen LogP contribution in [0.15, 0.2) is 0 Å². The number of urea groups is 1. The van der Waals surface area contributed by atoms with E-state index in [-0.39, 0.29) is 6.03 Å². The van der Waals surface area contributed by atoms with Gasteiger partial charge in [0.05, 0.1) is 13.2 Å². The zero-order valence-corrected chi connectivity index (χ0v) is 11.4. The molecule has 0 aromatic carbocycles. The van der Waals surface area contributed by atoms with Crippen molar-refractivity contribution in [2.75, 3.05) is 47.6 Å². The fourth-order valence-electron chi connectivity index (χ4n) is 1.26. The minimum absolute atomic E-state index is 0.348. The predicted molar refractivity (Wildman–Crippen MR) is 65.6 cm³/mol. The molecule has 1 unspecified atom stereocenters. The van der Waals surface area contributed by atoms with E-state index in [9.17, 15) is 9.59 Å². The Hall–Kier alpha value is -1.34. The van der Waals surface area contributed by atoms with Crippen LogP contribution in [0, 0.1) is 0 Å². The fourth-order valence-corrected chi connectivity index (χ4v) is 1.26. The Bertz CT molecular complexity index is 264. The standard InChI is InChI=1S/C11H22N2O5/c1-9(10(14)15)12(2)11(16)13(5-7-17-3)6-8-18-4/h9H,5-8H2,1-4H3,(H,14,15). The molecule has 1 atom stereocenters. The van der Waals surface area contributed by atoms with Gasteiger partial charge < -0.3 is 24.4 Å². The number of carbonyl (C=O) groups excluding carboxylic acids is 1. The Morgan fingerprint density at radius 3 is 1.94 bits per heavy atom. The lowest BCUT2D eigenvalue weighted by Crippen LogP contribution is -2.49. The van der Waals surface area contributed by atoms with Gasteiger partial charge in [-0.15, -0.1) is 0 Å². The third-order valence-electron chi connectivity index (χ3n) is 2.64. The summed E-state index contributed by atoms with van der Waals surface area (Å²) in [6, 6.07) is -1.22. The molecule has 0 rings (SSSR count). The van der Waals surface area contributed by atoms with Gasteiger partial charge in [-0.1, -0.05) is 0 Å². The van der Waals surface area contributed by atoms with Crippen LogP contribution in [0.1, 0.15) is 6.92 Å². The Morgan fingerprint density at radius 1 is 1.17 bits per heavy atom. The molecular formula is C11H22N2O5. The quantitative estimate of drug-likeness (QED) is 0.671. The summed E-state index contributed by atoms with van der Waals surface area (Å²) < 4.78 is 9.84. The highest BCUT2D eigenvalue weighted by molar-refractivity contribution is 5.82. The van der Waals surface area contributed by atoms with Gasteiger partial charge in [-0.25, -0.2) is 9.59 Å². The van der Waals surface area contributed by atoms with E-state index in [0.717, 1.165) is 0 Å². The molecule has 0 fully saturated rings. The van der Waals surface area contributed by atoms with Crippen molar-refractivity contribution in [1.29, 1.82) is 0 Å². The van der Waals surface area contributed by atoms with Gasteiger partial charge in [-0.3, -0.25) is 0 Å². The molecular weight excluding hydrogens is 240 g/mol. The summed E-state index contributed by atoms with van der Waals surface area (Å²) in [4.78, 5) is 25.6. The van der Waals surface area contributed by atoms with Crippen LogP contribution in [0.25, 0.3) is 0 Å². The van der Waals surface area contributed by atoms with Crippen molar-refractivity contribution in [3.63, 3.8) is 0 Å². The maximum Gasteiger partial charge on any atom is 0.326 e. The second-order valence-electron chi connectivity index (χ2n) is 3.88. The minimum atomic E-state index is -1.04. The number of ether oxygens (including phenoxy) is 2. The summed E-state index contributed by atoms with van der Waals surface area (Å²) in [5.41, 5.74) is 0. The first kappa shape index (κ1) is 16.7. The summed E-state index contributed by atoms with van der Waals surface area (Å²) in [5, 5.41) is 8.87. The van der Waals surface area contributed by atoms with E-state index in [1.165, 1.54) is 23.8 Å². The highest BCUT2D eigenvalue weighted by atomic mass is 16.5. The van der Waals surface area contributed by atoms with E-state index in [1.807, 2.05) is 0 Å². The Labute approximate surface area is 107 Å². The van der Waals surface area contributed by atoms with Crippen LogP contribution in [0.5, 0.6) is 0 Å². The lowest BCUT2D eigenvalue weighted by molar-refractivity contribution is -0.141. The van der Waals surface area contributed by atoms with Crippen LogP contribution in [0.3, 0.4) is 0 Å². The Balaban J connectivity index is 4.55. The molecule has 0 saturated heterocycles. The zero-order chi connectivity index (χ0) is 14.1. The Kier molecular flexibility index (Phi) is 8.06. The minimum Gasteiger partial charge on any atom is -0.480 e. The molecule has 2 amide bonds. The molecule has 18 heavy (non-hydrogen) atoms. The van der Waals surface area contributed by atoms with E-state index in [0.29, 0.717) is 26.3 Å². The van der Waals surface area contributed by atoms with Gasteiger partial charge >= 0.3 is 12.0 Å². The molecule has 0 aromatic heterocycles. The molecule has 0 aliphatic heterocycles. The first-order chi connectivity index (χ1) is 8.45. The number of aliphatic carboxylic acids is 1. The van der Waals surface area contributed by atoms with Gasteiger partial charge in [-0.2, -0.15) is 0 Å². The van der Waals surface area contributed by atoms with Crippen LogP contribution in [-0.2, 0) is 14.3 Å². The lowest BCUT2D eigenvalue weighted by atomic mass is 10.3. The van der Waals surface area contributed by atoms with Gasteiger partial charge in [0.15, 0.2) is 0 Å². The highest BCUT2D eigenvalue weighted by Gasteiger charge is 2.25. The number of amides is 2. The number of methoxy groups -OCH3 is 2. The van der Waals surface area contributed by atoms with E-state index < -0.39 is 12.0 Å². The van der Waals surface area contributed by atoms with E-state index in [2.05, 4.69) is 0 Å². The average Bonchev–Trinajstić information content (AvgIpc) is 2.36. The molecule has 106 valence electrons. The number of carboxylic acid groups (broad SMARTS) is 1. The van der Waals surface area contributed by atoms with Crippen molar-refractivity contribution in [3.05, 3.63) is 0 Å². The second kappa shape index (κ2) is 8.71. The number of likely N-dealkylation sites (N-methyl/N-ethyl adjacent to an activating group) is 1. The second-order valence-corrected chi connectivity index (χ2v) is 3.88. The maximum absolute atomic E-state index is 12.1. The molecule has 0 saturated carbocycles. The largest absolute Gasteiger partial charge is 0.480 e. The van der Waals surface area contributed by atoms with E-state index in [1.54, 1.807) is 14.2 Å². The molecule has 7 nitrogen and oxygen atoms in total. The van der Waals surface area contributed by atoms with Crippen LogP contribution in [0.4, 0.5) is 4.79 Å². The molecule has 0 aromatic rings. The molecule has 0 bridgehead atoms. The molecule has 0 heterocycles. The summed E-state index contributed by atoms with van der Waals surface area (Å²) >= 11 is 0. The summed E-state index contributed by atoms with van der Waals surface area (Å²) in [7, 11) is 4.55. The monoisotopic (exact) mass is 262 g/mol. The first-order valence-corrected chi connectivity index (χ1v) is 5.68. The SMILES string of the molecule is COCCN(CCOC)C(=O)N(C)C(C)C(=O)O. The molecule has 1 N–H and O–H groups in total. The number of rotatable bonds is 8. The van der Waals surface area contributed by atoms with Gasteiger partial charge in [0, 0.05) is 34.4 Å². The van der Waals surface area contributed by atoms with Crippen LogP contribution in [0.2, 0.25) is 0 Å². The number of carbonyl (C=O) groups is 2. The Morgan fingerprint density at radius 2 is 1.61 bits per heavy atom. The molecule has 0 aliphatic rings. The lowest BCUT2D eigenvalue weighted by Gasteiger charge is -2.30. The van der Waals surface area contributed by atoms with Crippen LogP contribution in [-0.4, -0.2) is 80.5 Å². The smallest absolute Gasteiger partial charge is 0.326 e. The number of hydrogen-bond acceptors (Lipinski definition) is 4. The third-order valence-corrected chi connectivity index (χ3v) is 2.64. The van der Waals surface area contributed by atoms with Crippen LogP contribution >= 0.6 is 0 Å². The predicted octanol–water partition coefficient (Wildman–Crippen LogP) is 0.106. The van der Waals surface area contributed by atoms with E-state index in [4.69, 9.17) is 14.6 Å². The molecule has 0 spiro atoms. The molecule has 7 heteroatoms. The van der Waals surface area contributed by atoms with Crippen molar-refractivity contribution in [2.24, 2.45) is 0 Å². The molecule has 0 aliphatic carbocycles. The zero-order valence-electron chi connectivity index (χ0n) is 11.4. The van der Waals surface area contributed by atoms with Crippen molar-refractivity contribution in [2.45, 2.75) is 13.0 Å². The number of carboxylic acids is 1.